The van der Waals surface area contributed by atoms with Crippen molar-refractivity contribution in [3.63, 3.8) is 0 Å². The Hall–Kier alpha value is -1.22. The van der Waals surface area contributed by atoms with Crippen molar-refractivity contribution in [2.45, 2.75) is 26.7 Å². The summed E-state index contributed by atoms with van der Waals surface area (Å²) < 4.78 is 12.9. The van der Waals surface area contributed by atoms with Gasteiger partial charge < -0.3 is 5.32 Å². The largest absolute Gasteiger partial charge is 0.319 e. The highest BCUT2D eigenvalue weighted by Crippen LogP contribution is 2.27. The molecule has 1 aromatic carbocycles. The highest BCUT2D eigenvalue weighted by Gasteiger charge is 2.30. The molecule has 1 atom stereocenters. The van der Waals surface area contributed by atoms with Crippen molar-refractivity contribution in [1.29, 1.82) is 0 Å². The summed E-state index contributed by atoms with van der Waals surface area (Å²) in [6, 6.07) is 6.16. The molecule has 0 aliphatic rings. The summed E-state index contributed by atoms with van der Waals surface area (Å²) in [5.41, 5.74) is 0.469. The molecule has 0 aliphatic heterocycles. The maximum Gasteiger partial charge on any atom is 0.146 e. The minimum Gasteiger partial charge on any atom is -0.319 e. The number of halogens is 1. The molecule has 0 radical (unpaired) electrons. The lowest BCUT2D eigenvalue weighted by atomic mass is 9.80. The molecule has 0 fully saturated rings. The fraction of sp³-hybridized carbons (Fsp3) is 0.500. The molecule has 94 valence electrons. The molecule has 0 aliphatic carbocycles. The molecule has 0 spiro atoms. The third kappa shape index (κ3) is 3.63. The van der Waals surface area contributed by atoms with Crippen LogP contribution >= 0.6 is 0 Å². The van der Waals surface area contributed by atoms with Gasteiger partial charge in [-0.1, -0.05) is 32.9 Å². The first-order valence-corrected chi connectivity index (χ1v) is 5.80. The van der Waals surface area contributed by atoms with E-state index in [0.29, 0.717) is 6.54 Å². The van der Waals surface area contributed by atoms with E-state index in [4.69, 9.17) is 0 Å². The van der Waals surface area contributed by atoms with Crippen LogP contribution in [0.2, 0.25) is 0 Å². The molecular weight excluding hydrogens is 217 g/mol. The highest BCUT2D eigenvalue weighted by molar-refractivity contribution is 5.90. The van der Waals surface area contributed by atoms with Gasteiger partial charge in [-0.05, 0) is 24.7 Å². The SMILES string of the molecule is CNCC(C(=O)C(C)(C)C)c1ccc(F)cc1. The molecule has 0 aromatic heterocycles. The van der Waals surface area contributed by atoms with Gasteiger partial charge in [0.15, 0.2) is 0 Å². The molecule has 1 unspecified atom stereocenters. The first-order chi connectivity index (χ1) is 7.86. The molecule has 0 bridgehead atoms. The van der Waals surface area contributed by atoms with Crippen molar-refractivity contribution in [2.24, 2.45) is 5.41 Å². The predicted octanol–water partition coefficient (Wildman–Crippen LogP) is 2.74. The number of benzene rings is 1. The Morgan fingerprint density at radius 2 is 1.82 bits per heavy atom. The second-order valence-corrected chi connectivity index (χ2v) is 5.28. The van der Waals surface area contributed by atoms with Gasteiger partial charge in [0, 0.05) is 12.0 Å². The average molecular weight is 237 g/mol. The maximum absolute atomic E-state index is 12.9. The van der Waals surface area contributed by atoms with Gasteiger partial charge in [-0.2, -0.15) is 0 Å². The Balaban J connectivity index is 3.01. The van der Waals surface area contributed by atoms with Gasteiger partial charge >= 0.3 is 0 Å². The van der Waals surface area contributed by atoms with E-state index in [2.05, 4.69) is 5.32 Å². The van der Waals surface area contributed by atoms with Crippen LogP contribution in [0.5, 0.6) is 0 Å². The second kappa shape index (κ2) is 5.41. The van der Waals surface area contributed by atoms with Gasteiger partial charge in [0.25, 0.3) is 0 Å². The second-order valence-electron chi connectivity index (χ2n) is 5.28. The normalized spacial score (nSPS) is 13.5. The fourth-order valence-electron chi connectivity index (χ4n) is 1.78. The molecule has 1 N–H and O–H groups in total. The third-order valence-electron chi connectivity index (χ3n) is 2.74. The van der Waals surface area contributed by atoms with Gasteiger partial charge in [0.2, 0.25) is 0 Å². The number of carbonyl (C=O) groups is 1. The standard InChI is InChI=1S/C14H20FNO/c1-14(2,3)13(17)12(9-16-4)10-5-7-11(15)8-6-10/h5-8,12,16H,9H2,1-4H3. The van der Waals surface area contributed by atoms with E-state index < -0.39 is 5.41 Å². The monoisotopic (exact) mass is 237 g/mol. The smallest absolute Gasteiger partial charge is 0.146 e. The Labute approximate surface area is 102 Å². The Kier molecular flexibility index (Phi) is 4.40. The first-order valence-electron chi connectivity index (χ1n) is 5.80. The van der Waals surface area contributed by atoms with E-state index in [0.717, 1.165) is 5.56 Å². The van der Waals surface area contributed by atoms with Crippen LogP contribution in [0.1, 0.15) is 32.3 Å². The molecule has 1 aromatic rings. The van der Waals surface area contributed by atoms with Gasteiger partial charge in [0.05, 0.1) is 5.92 Å². The van der Waals surface area contributed by atoms with Gasteiger partial charge in [-0.15, -0.1) is 0 Å². The molecule has 0 saturated carbocycles. The first kappa shape index (κ1) is 13.8. The number of hydrogen-bond donors (Lipinski definition) is 1. The lowest BCUT2D eigenvalue weighted by molar-refractivity contribution is -0.127. The minimum atomic E-state index is -0.393. The lowest BCUT2D eigenvalue weighted by Gasteiger charge is -2.24. The number of likely N-dealkylation sites (N-methyl/N-ethyl adjacent to an activating group) is 1. The van der Waals surface area contributed by atoms with Crippen LogP contribution in [0.25, 0.3) is 0 Å². The number of rotatable bonds is 4. The molecule has 0 amide bonds. The average Bonchev–Trinajstić information content (AvgIpc) is 2.25. The molecule has 3 heteroatoms. The van der Waals surface area contributed by atoms with Crippen LogP contribution in [0.4, 0.5) is 4.39 Å². The zero-order valence-corrected chi connectivity index (χ0v) is 10.9. The van der Waals surface area contributed by atoms with Crippen LogP contribution in [0, 0.1) is 11.2 Å². The van der Waals surface area contributed by atoms with Crippen molar-refractivity contribution in [3.8, 4) is 0 Å². The summed E-state index contributed by atoms with van der Waals surface area (Å²) in [6.07, 6.45) is 0. The van der Waals surface area contributed by atoms with E-state index in [1.807, 2.05) is 27.8 Å². The van der Waals surface area contributed by atoms with Crippen molar-refractivity contribution in [2.75, 3.05) is 13.6 Å². The quantitative estimate of drug-likeness (QED) is 0.872. The van der Waals surface area contributed by atoms with E-state index in [9.17, 15) is 9.18 Å². The number of carbonyl (C=O) groups excluding carboxylic acids is 1. The molecule has 1 rings (SSSR count). The number of ketones is 1. The molecular formula is C14H20FNO. The topological polar surface area (TPSA) is 29.1 Å². The summed E-state index contributed by atoms with van der Waals surface area (Å²) in [7, 11) is 1.81. The summed E-state index contributed by atoms with van der Waals surface area (Å²) in [5, 5.41) is 3.02. The summed E-state index contributed by atoms with van der Waals surface area (Å²) in [6.45, 7) is 6.28. The van der Waals surface area contributed by atoms with E-state index >= 15 is 0 Å². The van der Waals surface area contributed by atoms with Gasteiger partial charge in [0.1, 0.15) is 11.6 Å². The van der Waals surface area contributed by atoms with Crippen molar-refractivity contribution in [1.82, 2.24) is 5.32 Å². The van der Waals surface area contributed by atoms with Crippen LogP contribution in [0.3, 0.4) is 0 Å². The maximum atomic E-state index is 12.9. The van der Waals surface area contributed by atoms with E-state index in [1.165, 1.54) is 12.1 Å². The minimum absolute atomic E-state index is 0.165. The Morgan fingerprint density at radius 1 is 1.29 bits per heavy atom. The van der Waals surface area contributed by atoms with E-state index in [1.54, 1.807) is 12.1 Å². The number of hydrogen-bond acceptors (Lipinski definition) is 2. The molecule has 0 heterocycles. The zero-order chi connectivity index (χ0) is 13.1. The number of nitrogens with one attached hydrogen (secondary N) is 1. The van der Waals surface area contributed by atoms with Crippen LogP contribution in [-0.4, -0.2) is 19.4 Å². The lowest BCUT2D eigenvalue weighted by Crippen LogP contribution is -2.32. The Bertz CT molecular complexity index is 378. The van der Waals surface area contributed by atoms with Crippen LogP contribution in [0.15, 0.2) is 24.3 Å². The van der Waals surface area contributed by atoms with Crippen molar-refractivity contribution < 1.29 is 9.18 Å². The molecule has 0 saturated heterocycles. The summed E-state index contributed by atoms with van der Waals surface area (Å²) in [4.78, 5) is 12.3. The Morgan fingerprint density at radius 3 is 2.24 bits per heavy atom. The van der Waals surface area contributed by atoms with Crippen LogP contribution < -0.4 is 5.32 Å². The molecule has 17 heavy (non-hydrogen) atoms. The van der Waals surface area contributed by atoms with Gasteiger partial charge in [-0.3, -0.25) is 4.79 Å². The van der Waals surface area contributed by atoms with E-state index in [-0.39, 0.29) is 17.5 Å². The van der Waals surface area contributed by atoms with Gasteiger partial charge in [-0.25, -0.2) is 4.39 Å². The summed E-state index contributed by atoms with van der Waals surface area (Å²) >= 11 is 0. The number of Topliss-reactive ketones (excluding diaryl/α,β-unsaturated/α-hetero) is 1. The summed E-state index contributed by atoms with van der Waals surface area (Å²) in [5.74, 6) is -0.334. The molecule has 2 nitrogen and oxygen atoms in total. The highest BCUT2D eigenvalue weighted by atomic mass is 19.1. The van der Waals surface area contributed by atoms with Crippen LogP contribution in [-0.2, 0) is 4.79 Å². The zero-order valence-electron chi connectivity index (χ0n) is 10.9. The van der Waals surface area contributed by atoms with Crippen molar-refractivity contribution >= 4 is 5.78 Å². The third-order valence-corrected chi connectivity index (χ3v) is 2.74. The predicted molar refractivity (Wildman–Crippen MR) is 67.5 cm³/mol. The fourth-order valence-corrected chi connectivity index (χ4v) is 1.78. The van der Waals surface area contributed by atoms with Crippen molar-refractivity contribution in [3.05, 3.63) is 35.6 Å².